The number of nitrogens with zero attached hydrogens (tertiary/aromatic N) is 1. The molecule has 0 spiro atoms. The normalized spacial score (nSPS) is 24.7. The molecule has 1 aromatic rings. The molecule has 1 saturated heterocycles. The SMILES string of the molecule is FC(F)(F)COc1ccc(OCC2CN2CC2CC2)cc1. The highest BCUT2D eigenvalue weighted by Crippen LogP contribution is 2.33. The molecule has 1 aliphatic heterocycles. The summed E-state index contributed by atoms with van der Waals surface area (Å²) in [7, 11) is 0. The minimum absolute atomic E-state index is 0.196. The first-order valence-corrected chi connectivity index (χ1v) is 7.16. The number of hydrogen-bond acceptors (Lipinski definition) is 3. The van der Waals surface area contributed by atoms with E-state index in [0.717, 1.165) is 12.5 Å². The molecule has 116 valence electrons. The lowest BCUT2D eigenvalue weighted by Crippen LogP contribution is -2.19. The predicted molar refractivity (Wildman–Crippen MR) is 71.6 cm³/mol. The van der Waals surface area contributed by atoms with E-state index in [1.807, 2.05) is 0 Å². The minimum Gasteiger partial charge on any atom is -0.492 e. The Hall–Kier alpha value is -1.43. The van der Waals surface area contributed by atoms with Gasteiger partial charge in [0, 0.05) is 13.1 Å². The van der Waals surface area contributed by atoms with Crippen molar-refractivity contribution in [1.29, 1.82) is 0 Å². The molecule has 1 aromatic carbocycles. The first-order chi connectivity index (χ1) is 9.99. The Morgan fingerprint density at radius 3 is 2.24 bits per heavy atom. The van der Waals surface area contributed by atoms with Gasteiger partial charge in [-0.15, -0.1) is 0 Å². The molecule has 1 aliphatic carbocycles. The number of alkyl halides is 3. The number of benzene rings is 1. The first kappa shape index (κ1) is 14.5. The van der Waals surface area contributed by atoms with Gasteiger partial charge in [0.15, 0.2) is 6.61 Å². The van der Waals surface area contributed by atoms with E-state index in [-0.39, 0.29) is 5.75 Å². The van der Waals surface area contributed by atoms with Gasteiger partial charge in [0.2, 0.25) is 0 Å². The lowest BCUT2D eigenvalue weighted by atomic mass is 10.3. The Morgan fingerprint density at radius 2 is 1.67 bits per heavy atom. The Kier molecular flexibility index (Phi) is 3.97. The summed E-state index contributed by atoms with van der Waals surface area (Å²) in [5.41, 5.74) is 0. The molecule has 2 aliphatic rings. The largest absolute Gasteiger partial charge is 0.492 e. The monoisotopic (exact) mass is 301 g/mol. The van der Waals surface area contributed by atoms with Gasteiger partial charge in [-0.2, -0.15) is 13.2 Å². The van der Waals surface area contributed by atoms with Crippen LogP contribution in [0.4, 0.5) is 13.2 Å². The summed E-state index contributed by atoms with van der Waals surface area (Å²) in [6, 6.07) is 6.76. The summed E-state index contributed by atoms with van der Waals surface area (Å²) >= 11 is 0. The molecular weight excluding hydrogens is 283 g/mol. The van der Waals surface area contributed by atoms with Gasteiger partial charge >= 0.3 is 6.18 Å². The molecule has 2 fully saturated rings. The fourth-order valence-electron chi connectivity index (χ4n) is 2.23. The third kappa shape index (κ3) is 4.81. The van der Waals surface area contributed by atoms with Crippen LogP contribution in [0.1, 0.15) is 12.8 Å². The molecule has 0 N–H and O–H groups in total. The van der Waals surface area contributed by atoms with E-state index in [1.54, 1.807) is 12.1 Å². The maximum atomic E-state index is 12.0. The first-order valence-electron chi connectivity index (χ1n) is 7.16. The molecule has 2 unspecified atom stereocenters. The zero-order chi connectivity index (χ0) is 14.9. The average molecular weight is 301 g/mol. The van der Waals surface area contributed by atoms with Gasteiger partial charge in [0.05, 0.1) is 6.04 Å². The Bertz CT molecular complexity index is 471. The number of ether oxygens (including phenoxy) is 2. The van der Waals surface area contributed by atoms with Crippen molar-refractivity contribution in [1.82, 2.24) is 4.90 Å². The van der Waals surface area contributed by atoms with Crippen LogP contribution in [-0.2, 0) is 0 Å². The molecule has 3 rings (SSSR count). The lowest BCUT2D eigenvalue weighted by Gasteiger charge is -2.10. The highest BCUT2D eigenvalue weighted by atomic mass is 19.4. The van der Waals surface area contributed by atoms with Gasteiger partial charge in [0.1, 0.15) is 18.1 Å². The fraction of sp³-hybridized carbons (Fsp3) is 0.600. The smallest absolute Gasteiger partial charge is 0.422 e. The van der Waals surface area contributed by atoms with Crippen LogP contribution in [0.5, 0.6) is 11.5 Å². The number of hydrogen-bond donors (Lipinski definition) is 0. The molecular formula is C15H18F3NO2. The maximum Gasteiger partial charge on any atom is 0.422 e. The second-order valence-electron chi connectivity index (χ2n) is 5.74. The van der Waals surface area contributed by atoms with E-state index >= 15 is 0 Å². The molecule has 2 atom stereocenters. The number of rotatable bonds is 7. The van der Waals surface area contributed by atoms with Crippen molar-refractivity contribution in [3.63, 3.8) is 0 Å². The van der Waals surface area contributed by atoms with Crippen LogP contribution in [0.3, 0.4) is 0 Å². The van der Waals surface area contributed by atoms with Crippen molar-refractivity contribution < 1.29 is 22.6 Å². The Labute approximate surface area is 121 Å². The van der Waals surface area contributed by atoms with E-state index in [2.05, 4.69) is 9.64 Å². The fourth-order valence-corrected chi connectivity index (χ4v) is 2.23. The zero-order valence-electron chi connectivity index (χ0n) is 11.6. The van der Waals surface area contributed by atoms with E-state index < -0.39 is 12.8 Å². The second-order valence-corrected chi connectivity index (χ2v) is 5.74. The molecule has 0 amide bonds. The minimum atomic E-state index is -4.31. The molecule has 1 saturated carbocycles. The summed E-state index contributed by atoms with van der Waals surface area (Å²) < 4.78 is 46.3. The van der Waals surface area contributed by atoms with E-state index in [1.165, 1.54) is 31.5 Å². The highest BCUT2D eigenvalue weighted by molar-refractivity contribution is 5.31. The predicted octanol–water partition coefficient (Wildman–Crippen LogP) is 3.10. The summed E-state index contributed by atoms with van der Waals surface area (Å²) in [6.45, 7) is 1.63. The van der Waals surface area contributed by atoms with E-state index in [4.69, 9.17) is 4.74 Å². The molecule has 1 heterocycles. The topological polar surface area (TPSA) is 21.5 Å². The Morgan fingerprint density at radius 1 is 1.05 bits per heavy atom. The van der Waals surface area contributed by atoms with Crippen LogP contribution in [0.15, 0.2) is 24.3 Å². The van der Waals surface area contributed by atoms with Crippen molar-refractivity contribution >= 4 is 0 Å². The third-order valence-corrected chi connectivity index (χ3v) is 3.69. The van der Waals surface area contributed by atoms with E-state index in [9.17, 15) is 13.2 Å². The van der Waals surface area contributed by atoms with Crippen molar-refractivity contribution in [2.45, 2.75) is 25.1 Å². The standard InChI is InChI=1S/C15H18F3NO2/c16-15(17,18)10-21-14-5-3-13(4-6-14)20-9-12-8-19(12)7-11-1-2-11/h3-6,11-12H,1-2,7-10H2. The summed E-state index contributed by atoms with van der Waals surface area (Å²) in [5, 5.41) is 0. The summed E-state index contributed by atoms with van der Waals surface area (Å²) in [6.07, 6.45) is -1.61. The van der Waals surface area contributed by atoms with Crippen molar-refractivity contribution in [2.24, 2.45) is 5.92 Å². The van der Waals surface area contributed by atoms with Crippen molar-refractivity contribution in [2.75, 3.05) is 26.3 Å². The molecule has 0 radical (unpaired) electrons. The van der Waals surface area contributed by atoms with Crippen LogP contribution < -0.4 is 9.47 Å². The quantitative estimate of drug-likeness (QED) is 0.722. The van der Waals surface area contributed by atoms with Gasteiger partial charge in [-0.3, -0.25) is 4.90 Å². The molecule has 0 bridgehead atoms. The summed E-state index contributed by atoms with van der Waals surface area (Å²) in [4.78, 5) is 2.40. The van der Waals surface area contributed by atoms with Crippen molar-refractivity contribution in [3.05, 3.63) is 24.3 Å². The van der Waals surface area contributed by atoms with Gasteiger partial charge in [-0.1, -0.05) is 0 Å². The molecule has 3 nitrogen and oxygen atoms in total. The zero-order valence-corrected chi connectivity index (χ0v) is 11.6. The van der Waals surface area contributed by atoms with Crippen molar-refractivity contribution in [3.8, 4) is 11.5 Å². The maximum absolute atomic E-state index is 12.0. The third-order valence-electron chi connectivity index (χ3n) is 3.69. The molecule has 21 heavy (non-hydrogen) atoms. The second kappa shape index (κ2) is 5.75. The van der Waals surface area contributed by atoms with Crippen LogP contribution >= 0.6 is 0 Å². The van der Waals surface area contributed by atoms with Crippen LogP contribution in [-0.4, -0.2) is 43.4 Å². The van der Waals surface area contributed by atoms with Gasteiger partial charge in [-0.05, 0) is 43.0 Å². The Balaban J connectivity index is 1.38. The van der Waals surface area contributed by atoms with Gasteiger partial charge in [0.25, 0.3) is 0 Å². The van der Waals surface area contributed by atoms with E-state index in [0.29, 0.717) is 18.4 Å². The van der Waals surface area contributed by atoms with Crippen LogP contribution in [0, 0.1) is 5.92 Å². The van der Waals surface area contributed by atoms with Gasteiger partial charge < -0.3 is 9.47 Å². The lowest BCUT2D eigenvalue weighted by molar-refractivity contribution is -0.153. The van der Waals surface area contributed by atoms with Gasteiger partial charge in [-0.25, -0.2) is 0 Å². The molecule has 6 heteroatoms. The summed E-state index contributed by atoms with van der Waals surface area (Å²) in [5.74, 6) is 1.74. The van der Waals surface area contributed by atoms with Crippen LogP contribution in [0.2, 0.25) is 0 Å². The molecule has 0 aromatic heterocycles. The number of halogens is 3. The highest BCUT2D eigenvalue weighted by Gasteiger charge is 2.38. The van der Waals surface area contributed by atoms with Crippen LogP contribution in [0.25, 0.3) is 0 Å². The average Bonchev–Trinajstić information content (AvgIpc) is 3.34.